The van der Waals surface area contributed by atoms with Crippen LogP contribution in [0.5, 0.6) is 0 Å². The third-order valence-electron chi connectivity index (χ3n) is 7.17. The lowest BCUT2D eigenvalue weighted by Gasteiger charge is -2.55. The molecule has 0 radical (unpaired) electrons. The number of fused-ring (bicyclic) bond motifs is 5. The lowest BCUT2D eigenvalue weighted by molar-refractivity contribution is -0.139. The Bertz CT molecular complexity index is 371. The third kappa shape index (κ3) is 1.97. The second-order valence-corrected chi connectivity index (χ2v) is 8.00. The van der Waals surface area contributed by atoms with Crippen LogP contribution >= 0.6 is 0 Å². The Morgan fingerprint density at radius 1 is 0.600 bits per heavy atom. The van der Waals surface area contributed by atoms with Crippen molar-refractivity contribution in [2.45, 2.75) is 69.7 Å². The van der Waals surface area contributed by atoms with E-state index in [1.165, 1.54) is 12.8 Å². The van der Waals surface area contributed by atoms with Crippen LogP contribution in [0.25, 0.3) is 0 Å². The average molecular weight is 280 g/mol. The van der Waals surface area contributed by atoms with E-state index in [9.17, 15) is 15.3 Å². The highest BCUT2D eigenvalue weighted by Gasteiger charge is 2.55. The van der Waals surface area contributed by atoms with Gasteiger partial charge in [-0.2, -0.15) is 0 Å². The first kappa shape index (κ1) is 13.5. The van der Waals surface area contributed by atoms with Gasteiger partial charge in [0.1, 0.15) is 0 Å². The van der Waals surface area contributed by atoms with Gasteiger partial charge in [-0.1, -0.05) is 6.42 Å². The Balaban J connectivity index is 1.61. The second-order valence-electron chi connectivity index (χ2n) is 8.00. The topological polar surface area (TPSA) is 60.7 Å². The molecule has 114 valence electrons. The number of hydrogen-bond acceptors (Lipinski definition) is 3. The summed E-state index contributed by atoms with van der Waals surface area (Å²) in [5.74, 6) is 3.08. The van der Waals surface area contributed by atoms with Crippen LogP contribution in [0.1, 0.15) is 51.4 Å². The summed E-state index contributed by atoms with van der Waals surface area (Å²) in [5, 5.41) is 31.1. The van der Waals surface area contributed by atoms with E-state index in [2.05, 4.69) is 0 Å². The van der Waals surface area contributed by atoms with Crippen molar-refractivity contribution < 1.29 is 15.3 Å². The second kappa shape index (κ2) is 4.96. The fourth-order valence-electron chi connectivity index (χ4n) is 6.50. The van der Waals surface area contributed by atoms with Crippen molar-refractivity contribution in [1.29, 1.82) is 0 Å². The van der Waals surface area contributed by atoms with Gasteiger partial charge in [-0.25, -0.2) is 0 Å². The number of aliphatic hydroxyl groups is 3. The molecule has 0 amide bonds. The smallest absolute Gasteiger partial charge is 0.0576 e. The van der Waals surface area contributed by atoms with Crippen molar-refractivity contribution >= 4 is 0 Å². The van der Waals surface area contributed by atoms with E-state index < -0.39 is 0 Å². The molecule has 4 saturated carbocycles. The van der Waals surface area contributed by atoms with Gasteiger partial charge in [-0.3, -0.25) is 0 Å². The summed E-state index contributed by atoms with van der Waals surface area (Å²) in [6, 6.07) is 0. The Hall–Kier alpha value is -0.120. The molecule has 0 aromatic heterocycles. The molecule has 0 aromatic rings. The quantitative estimate of drug-likeness (QED) is 0.635. The molecule has 3 nitrogen and oxygen atoms in total. The van der Waals surface area contributed by atoms with E-state index in [4.69, 9.17) is 0 Å². The van der Waals surface area contributed by atoms with Crippen LogP contribution in [0.15, 0.2) is 0 Å². The van der Waals surface area contributed by atoms with Gasteiger partial charge in [0.2, 0.25) is 0 Å². The summed E-state index contributed by atoms with van der Waals surface area (Å²) in [5.41, 5.74) is 0. The summed E-state index contributed by atoms with van der Waals surface area (Å²) < 4.78 is 0. The summed E-state index contributed by atoms with van der Waals surface area (Å²) in [7, 11) is 0. The van der Waals surface area contributed by atoms with Crippen LogP contribution in [0.4, 0.5) is 0 Å². The summed E-state index contributed by atoms with van der Waals surface area (Å²) in [4.78, 5) is 0. The van der Waals surface area contributed by atoms with Gasteiger partial charge >= 0.3 is 0 Å². The van der Waals surface area contributed by atoms with Crippen LogP contribution in [0.2, 0.25) is 0 Å². The Labute approximate surface area is 121 Å². The minimum Gasteiger partial charge on any atom is -0.393 e. The molecule has 0 bridgehead atoms. The fourth-order valence-corrected chi connectivity index (χ4v) is 6.50. The van der Waals surface area contributed by atoms with Crippen molar-refractivity contribution in [1.82, 2.24) is 0 Å². The zero-order valence-electron chi connectivity index (χ0n) is 12.2. The van der Waals surface area contributed by atoms with E-state index in [-0.39, 0.29) is 18.3 Å². The summed E-state index contributed by atoms with van der Waals surface area (Å²) in [6.45, 7) is 0. The Morgan fingerprint density at radius 2 is 1.40 bits per heavy atom. The average Bonchev–Trinajstić information content (AvgIpc) is 2.87. The van der Waals surface area contributed by atoms with Crippen molar-refractivity contribution in [3.8, 4) is 0 Å². The molecule has 0 saturated heterocycles. The normalized spacial score (nSPS) is 58.6. The van der Waals surface area contributed by atoms with Gasteiger partial charge in [0, 0.05) is 0 Å². The van der Waals surface area contributed by atoms with Gasteiger partial charge < -0.3 is 15.3 Å². The number of rotatable bonds is 0. The fraction of sp³-hybridized carbons (Fsp3) is 1.00. The van der Waals surface area contributed by atoms with Crippen molar-refractivity contribution in [2.75, 3.05) is 0 Å². The molecule has 4 rings (SSSR count). The van der Waals surface area contributed by atoms with Crippen LogP contribution in [-0.2, 0) is 0 Å². The monoisotopic (exact) mass is 280 g/mol. The van der Waals surface area contributed by atoms with Gasteiger partial charge in [0.05, 0.1) is 18.3 Å². The minimum atomic E-state index is -0.190. The Kier molecular flexibility index (Phi) is 3.36. The van der Waals surface area contributed by atoms with Crippen LogP contribution < -0.4 is 0 Å². The molecule has 4 fully saturated rings. The van der Waals surface area contributed by atoms with E-state index in [1.807, 2.05) is 0 Å². The van der Waals surface area contributed by atoms with E-state index in [1.54, 1.807) is 0 Å². The number of hydrogen-bond donors (Lipinski definition) is 3. The molecule has 3 heteroatoms. The molecule has 0 heterocycles. The predicted octanol–water partition coefficient (Wildman–Crippen LogP) is 1.94. The molecule has 0 spiro atoms. The van der Waals surface area contributed by atoms with Gasteiger partial charge in [0.25, 0.3) is 0 Å². The standard InChI is InChI=1S/C17H28O3/c18-10-4-5-11-9(6-10)7-16(20)17-13-3-1-2-12(13)15(19)8-14(11)17/h9-20H,1-8H2/t9?,10-,11?,12?,13-,14-,15+,16-,17?/m1/s1. The van der Waals surface area contributed by atoms with E-state index >= 15 is 0 Å². The first-order chi connectivity index (χ1) is 9.65. The molecular formula is C17H28O3. The van der Waals surface area contributed by atoms with Gasteiger partial charge in [0.15, 0.2) is 0 Å². The lowest BCUT2D eigenvalue weighted by Crippen LogP contribution is -2.54. The maximum absolute atomic E-state index is 10.7. The van der Waals surface area contributed by atoms with Crippen molar-refractivity contribution in [2.24, 2.45) is 35.5 Å². The largest absolute Gasteiger partial charge is 0.393 e. The first-order valence-electron chi connectivity index (χ1n) is 8.69. The third-order valence-corrected chi connectivity index (χ3v) is 7.17. The molecule has 0 aliphatic heterocycles. The molecule has 9 atom stereocenters. The molecule has 3 N–H and O–H groups in total. The van der Waals surface area contributed by atoms with Crippen LogP contribution in [0, 0.1) is 35.5 Å². The van der Waals surface area contributed by atoms with Crippen molar-refractivity contribution in [3.63, 3.8) is 0 Å². The predicted molar refractivity (Wildman–Crippen MR) is 75.9 cm³/mol. The van der Waals surface area contributed by atoms with Gasteiger partial charge in [-0.15, -0.1) is 0 Å². The first-order valence-corrected chi connectivity index (χ1v) is 8.69. The lowest BCUT2D eigenvalue weighted by atomic mass is 9.52. The highest BCUT2D eigenvalue weighted by atomic mass is 16.3. The molecule has 0 aromatic carbocycles. The Morgan fingerprint density at radius 3 is 2.25 bits per heavy atom. The summed E-state index contributed by atoms with van der Waals surface area (Å²) in [6.07, 6.45) is 7.80. The highest BCUT2D eigenvalue weighted by molar-refractivity contribution is 5.04. The van der Waals surface area contributed by atoms with Crippen LogP contribution in [0.3, 0.4) is 0 Å². The summed E-state index contributed by atoms with van der Waals surface area (Å²) >= 11 is 0. The van der Waals surface area contributed by atoms with E-state index in [0.29, 0.717) is 35.5 Å². The zero-order valence-corrected chi connectivity index (χ0v) is 12.2. The SMILES string of the molecule is O[C@@H]1CCC2C(C1)C[C@@H](O)C1[C@@H]2C[C@H](O)C2CCC[C@@H]12. The maximum atomic E-state index is 10.7. The van der Waals surface area contributed by atoms with Crippen molar-refractivity contribution in [3.05, 3.63) is 0 Å². The molecular weight excluding hydrogens is 252 g/mol. The molecule has 4 aliphatic carbocycles. The maximum Gasteiger partial charge on any atom is 0.0576 e. The highest BCUT2D eigenvalue weighted by Crippen LogP contribution is 2.57. The van der Waals surface area contributed by atoms with E-state index in [0.717, 1.165) is 38.5 Å². The minimum absolute atomic E-state index is 0.137. The number of aliphatic hydroxyl groups excluding tert-OH is 3. The molecule has 4 aliphatic rings. The zero-order chi connectivity index (χ0) is 13.9. The molecule has 20 heavy (non-hydrogen) atoms. The van der Waals surface area contributed by atoms with Crippen LogP contribution in [-0.4, -0.2) is 33.6 Å². The molecule has 4 unspecified atom stereocenters. The van der Waals surface area contributed by atoms with Gasteiger partial charge in [-0.05, 0) is 80.5 Å².